The van der Waals surface area contributed by atoms with E-state index in [-0.39, 0.29) is 12.4 Å². The van der Waals surface area contributed by atoms with Crippen molar-refractivity contribution >= 4 is 34.0 Å². The largest absolute Gasteiger partial charge is 0.296 e. The first-order valence-electron chi connectivity index (χ1n) is 5.87. The molecule has 19 heavy (non-hydrogen) atoms. The summed E-state index contributed by atoms with van der Waals surface area (Å²) in [6.07, 6.45) is 1.27. The van der Waals surface area contributed by atoms with E-state index in [0.717, 1.165) is 24.7 Å². The quantitative estimate of drug-likeness (QED) is 0.851. The molecule has 0 bridgehead atoms. The van der Waals surface area contributed by atoms with Crippen LogP contribution in [0.15, 0.2) is 24.3 Å². The van der Waals surface area contributed by atoms with Gasteiger partial charge in [-0.2, -0.15) is 4.31 Å². The zero-order chi connectivity index (χ0) is 13.2. The minimum absolute atomic E-state index is 0. The highest BCUT2D eigenvalue weighted by atomic mass is 35.5. The minimum Gasteiger partial charge on any atom is -0.296 e. The molecule has 0 spiro atoms. The summed E-state index contributed by atoms with van der Waals surface area (Å²) in [4.78, 5) is 2.25. The molecule has 1 aromatic carbocycles. The van der Waals surface area contributed by atoms with Crippen LogP contribution in [0.1, 0.15) is 5.56 Å². The molecule has 0 amide bonds. The smallest absolute Gasteiger partial charge is 0.211 e. The number of hydrogen-bond donors (Lipinski definition) is 0. The average molecular weight is 325 g/mol. The van der Waals surface area contributed by atoms with E-state index in [4.69, 9.17) is 11.6 Å². The van der Waals surface area contributed by atoms with Gasteiger partial charge in [-0.05, 0) is 17.7 Å². The third-order valence-corrected chi connectivity index (χ3v) is 4.67. The van der Waals surface area contributed by atoms with E-state index >= 15 is 0 Å². The van der Waals surface area contributed by atoms with Gasteiger partial charge in [0.2, 0.25) is 10.0 Å². The Hall–Kier alpha value is -0.330. The van der Waals surface area contributed by atoms with Gasteiger partial charge in [-0.3, -0.25) is 4.90 Å². The lowest BCUT2D eigenvalue weighted by Crippen LogP contribution is -2.47. The van der Waals surface area contributed by atoms with Gasteiger partial charge in [-0.1, -0.05) is 23.7 Å². The van der Waals surface area contributed by atoms with Crippen molar-refractivity contribution in [3.63, 3.8) is 0 Å². The molecule has 1 aliphatic rings. The molecule has 1 aliphatic heterocycles. The van der Waals surface area contributed by atoms with Crippen LogP contribution in [0.2, 0.25) is 5.02 Å². The summed E-state index contributed by atoms with van der Waals surface area (Å²) in [5.41, 5.74) is 1.20. The van der Waals surface area contributed by atoms with Crippen LogP contribution in [-0.4, -0.2) is 50.1 Å². The summed E-state index contributed by atoms with van der Waals surface area (Å²) in [5, 5.41) is 0.737. The Kier molecular flexibility index (Phi) is 6.08. The predicted octanol–water partition coefficient (Wildman–Crippen LogP) is 1.84. The first-order chi connectivity index (χ1) is 8.45. The Bertz CT molecular complexity index is 497. The van der Waals surface area contributed by atoms with E-state index in [0.29, 0.717) is 13.1 Å². The second kappa shape index (κ2) is 6.90. The lowest BCUT2D eigenvalue weighted by Gasteiger charge is -2.33. The van der Waals surface area contributed by atoms with Crippen LogP contribution in [0.3, 0.4) is 0 Å². The highest BCUT2D eigenvalue weighted by Crippen LogP contribution is 2.13. The van der Waals surface area contributed by atoms with E-state index < -0.39 is 10.0 Å². The number of rotatable bonds is 3. The van der Waals surface area contributed by atoms with Crippen molar-refractivity contribution in [1.82, 2.24) is 9.21 Å². The fourth-order valence-corrected chi connectivity index (χ4v) is 3.02. The van der Waals surface area contributed by atoms with Crippen molar-refractivity contribution in [3.05, 3.63) is 34.9 Å². The third kappa shape index (κ3) is 4.93. The fraction of sp³-hybridized carbons (Fsp3) is 0.500. The van der Waals surface area contributed by atoms with Crippen LogP contribution >= 0.6 is 24.0 Å². The van der Waals surface area contributed by atoms with Crippen molar-refractivity contribution in [2.45, 2.75) is 6.54 Å². The maximum Gasteiger partial charge on any atom is 0.211 e. The van der Waals surface area contributed by atoms with Gasteiger partial charge >= 0.3 is 0 Å². The molecular weight excluding hydrogens is 307 g/mol. The number of piperazine rings is 1. The molecule has 2 rings (SSSR count). The standard InChI is InChI=1S/C12H17ClN2O2S.ClH/c1-18(16,17)15-8-6-14(7-9-15)10-11-2-4-12(13)5-3-11;/h2-5H,6-10H2,1H3;1H. The van der Waals surface area contributed by atoms with Gasteiger partial charge < -0.3 is 0 Å². The second-order valence-electron chi connectivity index (χ2n) is 4.56. The molecule has 7 heteroatoms. The van der Waals surface area contributed by atoms with E-state index in [2.05, 4.69) is 4.90 Å². The molecule has 108 valence electrons. The Morgan fingerprint density at radius 3 is 2.11 bits per heavy atom. The van der Waals surface area contributed by atoms with Gasteiger partial charge in [0, 0.05) is 37.7 Å². The molecule has 0 unspecified atom stereocenters. The fourth-order valence-electron chi connectivity index (χ4n) is 2.07. The highest BCUT2D eigenvalue weighted by molar-refractivity contribution is 7.88. The average Bonchev–Trinajstić information content (AvgIpc) is 2.32. The topological polar surface area (TPSA) is 40.6 Å². The summed E-state index contributed by atoms with van der Waals surface area (Å²) >= 11 is 5.84. The van der Waals surface area contributed by atoms with Crippen molar-refractivity contribution in [1.29, 1.82) is 0 Å². The predicted molar refractivity (Wildman–Crippen MR) is 80.4 cm³/mol. The van der Waals surface area contributed by atoms with Crippen LogP contribution in [-0.2, 0) is 16.6 Å². The number of sulfonamides is 1. The zero-order valence-electron chi connectivity index (χ0n) is 10.8. The van der Waals surface area contributed by atoms with E-state index in [1.807, 2.05) is 24.3 Å². The lowest BCUT2D eigenvalue weighted by molar-refractivity contribution is 0.182. The number of benzene rings is 1. The molecule has 1 aromatic rings. The van der Waals surface area contributed by atoms with Gasteiger partial charge in [0.1, 0.15) is 0 Å². The molecule has 4 nitrogen and oxygen atoms in total. The van der Waals surface area contributed by atoms with Crippen molar-refractivity contribution in [3.8, 4) is 0 Å². The van der Waals surface area contributed by atoms with Crippen LogP contribution in [0.25, 0.3) is 0 Å². The van der Waals surface area contributed by atoms with E-state index in [1.165, 1.54) is 16.1 Å². The maximum absolute atomic E-state index is 11.4. The van der Waals surface area contributed by atoms with Gasteiger partial charge in [0.25, 0.3) is 0 Å². The SMILES string of the molecule is CS(=O)(=O)N1CCN(Cc2ccc(Cl)cc2)CC1.Cl. The first-order valence-corrected chi connectivity index (χ1v) is 8.10. The van der Waals surface area contributed by atoms with Gasteiger partial charge in [0.15, 0.2) is 0 Å². The van der Waals surface area contributed by atoms with Gasteiger partial charge in [-0.25, -0.2) is 8.42 Å². The van der Waals surface area contributed by atoms with E-state index in [1.54, 1.807) is 0 Å². The Morgan fingerprint density at radius 1 is 1.11 bits per heavy atom. The summed E-state index contributed by atoms with van der Waals surface area (Å²) in [6, 6.07) is 7.77. The molecule has 0 saturated carbocycles. The summed E-state index contributed by atoms with van der Waals surface area (Å²) in [7, 11) is -3.04. The minimum atomic E-state index is -3.04. The van der Waals surface area contributed by atoms with Crippen molar-refractivity contribution in [2.75, 3.05) is 32.4 Å². The Balaban J connectivity index is 0.00000180. The van der Waals surface area contributed by atoms with Gasteiger partial charge in [0.05, 0.1) is 6.26 Å². The molecule has 0 atom stereocenters. The molecule has 0 aromatic heterocycles. The summed E-state index contributed by atoms with van der Waals surface area (Å²) < 4.78 is 24.3. The number of nitrogens with zero attached hydrogens (tertiary/aromatic N) is 2. The van der Waals surface area contributed by atoms with Crippen LogP contribution in [0, 0.1) is 0 Å². The van der Waals surface area contributed by atoms with E-state index in [9.17, 15) is 8.42 Å². The zero-order valence-corrected chi connectivity index (χ0v) is 13.1. The number of hydrogen-bond acceptors (Lipinski definition) is 3. The first kappa shape index (κ1) is 16.7. The van der Waals surface area contributed by atoms with Crippen molar-refractivity contribution < 1.29 is 8.42 Å². The van der Waals surface area contributed by atoms with Gasteiger partial charge in [-0.15, -0.1) is 12.4 Å². The highest BCUT2D eigenvalue weighted by Gasteiger charge is 2.23. The molecule has 0 radical (unpaired) electrons. The molecule has 1 heterocycles. The second-order valence-corrected chi connectivity index (χ2v) is 6.98. The molecule has 0 aliphatic carbocycles. The molecule has 1 fully saturated rings. The summed E-state index contributed by atoms with van der Waals surface area (Å²) in [6.45, 7) is 3.54. The normalized spacial score (nSPS) is 18.0. The maximum atomic E-state index is 11.4. The molecule has 1 saturated heterocycles. The van der Waals surface area contributed by atoms with Crippen LogP contribution in [0.5, 0.6) is 0 Å². The monoisotopic (exact) mass is 324 g/mol. The Labute approximate surface area is 125 Å². The van der Waals surface area contributed by atoms with Crippen molar-refractivity contribution in [2.24, 2.45) is 0 Å². The summed E-state index contributed by atoms with van der Waals surface area (Å²) in [5.74, 6) is 0. The van der Waals surface area contributed by atoms with Crippen LogP contribution in [0.4, 0.5) is 0 Å². The Morgan fingerprint density at radius 2 is 1.63 bits per heavy atom. The molecular formula is C12H18Cl2N2O2S. The lowest BCUT2D eigenvalue weighted by atomic mass is 10.2. The third-order valence-electron chi connectivity index (χ3n) is 3.12. The number of halogens is 2. The van der Waals surface area contributed by atoms with Crippen LogP contribution < -0.4 is 0 Å². The molecule has 0 N–H and O–H groups in total.